The molecule has 0 aromatic heterocycles. The van der Waals surface area contributed by atoms with E-state index < -0.39 is 86.8 Å². The fourth-order valence-electron chi connectivity index (χ4n) is 9.44. The van der Waals surface area contributed by atoms with Crippen molar-refractivity contribution in [2.75, 3.05) is 19.8 Å². The summed E-state index contributed by atoms with van der Waals surface area (Å²) in [6.07, 6.45) is 38.9. The van der Waals surface area contributed by atoms with Gasteiger partial charge in [-0.1, -0.05) is 197 Å². The summed E-state index contributed by atoms with van der Waals surface area (Å²) < 4.78 is 22.7. The minimum absolute atomic E-state index is 0.259. The zero-order valence-corrected chi connectivity index (χ0v) is 45.6. The van der Waals surface area contributed by atoms with Crippen molar-refractivity contribution in [1.29, 1.82) is 0 Å². The van der Waals surface area contributed by atoms with Gasteiger partial charge in [-0.05, 0) is 70.6 Å². The highest BCUT2D eigenvalue weighted by atomic mass is 16.7. The number of unbranched alkanes of at least 4 members (excludes halogenated alkanes) is 27. The van der Waals surface area contributed by atoms with Crippen LogP contribution in [0.5, 0.6) is 0 Å². The Morgan fingerprint density at radius 1 is 0.479 bits per heavy atom. The molecular formula is C59H107NO13. The van der Waals surface area contributed by atoms with Crippen LogP contribution >= 0.6 is 0 Å². The van der Waals surface area contributed by atoms with Gasteiger partial charge in [0.2, 0.25) is 5.91 Å². The van der Waals surface area contributed by atoms with Crippen molar-refractivity contribution >= 4 is 5.91 Å². The molecule has 14 nitrogen and oxygen atoms in total. The molecule has 0 aromatic carbocycles. The second-order valence-corrected chi connectivity index (χ2v) is 20.7. The van der Waals surface area contributed by atoms with Gasteiger partial charge in [-0.2, -0.15) is 0 Å². The highest BCUT2D eigenvalue weighted by Crippen LogP contribution is 2.30. The SMILES string of the molecule is CCCCC/C=C\CCCCCCCC(=O)NC(COC1OC(CO)C(OC2OC(CO)C(O)C(O)C2O)C(O)C1O)C(O)/C=C/CC/C=C/CC/C=C/CCCCCCCCCCCCCCCCCCC. The number of hydrogen-bond donors (Lipinski definition) is 9. The second kappa shape index (κ2) is 45.0. The van der Waals surface area contributed by atoms with Crippen molar-refractivity contribution in [3.8, 4) is 0 Å². The average Bonchev–Trinajstić information content (AvgIpc) is 3.39. The van der Waals surface area contributed by atoms with Gasteiger partial charge in [0, 0.05) is 6.42 Å². The Balaban J connectivity index is 1.76. The standard InChI is InChI=1S/C59H107NO13/c1-3-5-7-9-11-13-15-17-18-19-20-21-22-23-24-25-26-27-28-29-30-31-32-34-36-38-40-42-48(63)47(60-51(64)43-41-39-37-35-33-16-14-12-10-8-6-4-2)46-70-58-56(69)54(67)57(50(45-62)72-58)73-59-55(68)53(66)52(65)49(44-61)71-59/h12,14,28-29,32,34,40,42,47-50,52-59,61-63,65-69H,3-11,13,15-27,30-31,33,35-39,41,43-46H2,1-2H3,(H,60,64)/b14-12-,29-28+,34-32+,42-40+. The van der Waals surface area contributed by atoms with Crippen molar-refractivity contribution < 1.29 is 64.6 Å². The maximum absolute atomic E-state index is 13.2. The summed E-state index contributed by atoms with van der Waals surface area (Å²) in [6.45, 7) is 2.74. The molecule has 2 heterocycles. The molecular weight excluding hydrogens is 931 g/mol. The van der Waals surface area contributed by atoms with Crippen molar-refractivity contribution in [2.24, 2.45) is 0 Å². The third-order valence-electron chi connectivity index (χ3n) is 14.2. The highest BCUT2D eigenvalue weighted by molar-refractivity contribution is 5.76. The number of nitrogens with one attached hydrogen (secondary N) is 1. The number of carbonyl (C=O) groups excluding carboxylic acids is 1. The quantitative estimate of drug-likeness (QED) is 0.0205. The first-order chi connectivity index (χ1) is 35.6. The van der Waals surface area contributed by atoms with Crippen LogP contribution in [0.4, 0.5) is 0 Å². The normalized spacial score (nSPS) is 25.7. The van der Waals surface area contributed by atoms with E-state index in [9.17, 15) is 45.6 Å². The molecule has 0 spiro atoms. The summed E-state index contributed by atoms with van der Waals surface area (Å²) in [5, 5.41) is 86.9. The molecule has 73 heavy (non-hydrogen) atoms. The lowest BCUT2D eigenvalue weighted by Gasteiger charge is -2.46. The molecule has 12 unspecified atom stereocenters. The van der Waals surface area contributed by atoms with Crippen molar-refractivity contribution in [1.82, 2.24) is 5.32 Å². The number of amides is 1. The fraction of sp³-hybridized carbons (Fsp3) is 0.847. The van der Waals surface area contributed by atoms with Crippen LogP contribution in [0, 0.1) is 0 Å². The van der Waals surface area contributed by atoms with E-state index in [1.54, 1.807) is 6.08 Å². The number of hydrogen-bond acceptors (Lipinski definition) is 13. The molecule has 9 N–H and O–H groups in total. The van der Waals surface area contributed by atoms with E-state index in [1.165, 1.54) is 128 Å². The summed E-state index contributed by atoms with van der Waals surface area (Å²) in [5.41, 5.74) is 0. The number of aliphatic hydroxyl groups is 8. The third kappa shape index (κ3) is 31.1. The predicted octanol–water partition coefficient (Wildman–Crippen LogP) is 9.61. The molecule has 14 heteroatoms. The van der Waals surface area contributed by atoms with Crippen LogP contribution in [-0.2, 0) is 23.7 Å². The predicted molar refractivity (Wildman–Crippen MR) is 291 cm³/mol. The van der Waals surface area contributed by atoms with Gasteiger partial charge in [0.1, 0.15) is 48.8 Å². The van der Waals surface area contributed by atoms with E-state index in [-0.39, 0.29) is 18.9 Å². The lowest BCUT2D eigenvalue weighted by Crippen LogP contribution is -2.65. The Morgan fingerprint density at radius 2 is 0.877 bits per heavy atom. The van der Waals surface area contributed by atoms with Gasteiger partial charge in [-0.3, -0.25) is 4.79 Å². The van der Waals surface area contributed by atoms with Gasteiger partial charge >= 0.3 is 0 Å². The number of aliphatic hydroxyl groups excluding tert-OH is 8. The van der Waals surface area contributed by atoms with Crippen molar-refractivity contribution in [2.45, 2.75) is 299 Å². The molecule has 1 amide bonds. The van der Waals surface area contributed by atoms with Crippen LogP contribution in [0.25, 0.3) is 0 Å². The molecule has 2 aliphatic heterocycles. The van der Waals surface area contributed by atoms with Gasteiger partial charge in [-0.15, -0.1) is 0 Å². The molecule has 2 saturated heterocycles. The molecule has 0 radical (unpaired) electrons. The Labute approximate surface area is 442 Å². The van der Waals surface area contributed by atoms with Crippen LogP contribution in [0.2, 0.25) is 0 Å². The van der Waals surface area contributed by atoms with Crippen LogP contribution in [0.3, 0.4) is 0 Å². The van der Waals surface area contributed by atoms with Crippen molar-refractivity contribution in [3.05, 3.63) is 48.6 Å². The summed E-state index contributed by atoms with van der Waals surface area (Å²) in [5.74, 6) is -0.264. The highest BCUT2D eigenvalue weighted by Gasteiger charge is 2.51. The van der Waals surface area contributed by atoms with Crippen LogP contribution in [-0.4, -0.2) is 140 Å². The molecule has 2 rings (SSSR count). The fourth-order valence-corrected chi connectivity index (χ4v) is 9.44. The largest absolute Gasteiger partial charge is 0.394 e. The van der Waals surface area contributed by atoms with Crippen LogP contribution < -0.4 is 5.32 Å². The van der Waals surface area contributed by atoms with Gasteiger partial charge in [-0.25, -0.2) is 0 Å². The second-order valence-electron chi connectivity index (χ2n) is 20.7. The van der Waals surface area contributed by atoms with Gasteiger partial charge in [0.05, 0.1) is 32.0 Å². The molecule has 0 bridgehead atoms. The van der Waals surface area contributed by atoms with E-state index in [0.717, 1.165) is 64.2 Å². The summed E-state index contributed by atoms with van der Waals surface area (Å²) in [7, 11) is 0. The Hall–Kier alpha value is -2.05. The van der Waals surface area contributed by atoms with E-state index in [2.05, 4.69) is 55.6 Å². The Morgan fingerprint density at radius 3 is 1.37 bits per heavy atom. The zero-order valence-electron chi connectivity index (χ0n) is 45.6. The van der Waals surface area contributed by atoms with Crippen molar-refractivity contribution in [3.63, 3.8) is 0 Å². The first-order valence-electron chi connectivity index (χ1n) is 29.4. The number of ether oxygens (including phenoxy) is 4. The van der Waals surface area contributed by atoms with E-state index in [0.29, 0.717) is 12.8 Å². The molecule has 2 fully saturated rings. The molecule has 0 aliphatic carbocycles. The van der Waals surface area contributed by atoms with Crippen LogP contribution in [0.1, 0.15) is 226 Å². The maximum Gasteiger partial charge on any atom is 0.220 e. The topological polar surface area (TPSA) is 228 Å². The van der Waals surface area contributed by atoms with E-state index in [4.69, 9.17) is 18.9 Å². The van der Waals surface area contributed by atoms with Gasteiger partial charge in [0.25, 0.3) is 0 Å². The zero-order chi connectivity index (χ0) is 53.2. The smallest absolute Gasteiger partial charge is 0.220 e. The van der Waals surface area contributed by atoms with E-state index >= 15 is 0 Å². The molecule has 0 saturated carbocycles. The number of allylic oxidation sites excluding steroid dienone is 7. The number of carbonyl (C=O) groups is 1. The minimum atomic E-state index is -1.79. The lowest BCUT2D eigenvalue weighted by molar-refractivity contribution is -0.359. The minimum Gasteiger partial charge on any atom is -0.394 e. The first kappa shape index (κ1) is 67.1. The first-order valence-corrected chi connectivity index (χ1v) is 29.4. The van der Waals surface area contributed by atoms with Crippen LogP contribution in [0.15, 0.2) is 48.6 Å². The molecule has 426 valence electrons. The lowest BCUT2D eigenvalue weighted by atomic mass is 9.97. The third-order valence-corrected chi connectivity index (χ3v) is 14.2. The summed E-state index contributed by atoms with van der Waals surface area (Å²) in [4.78, 5) is 13.2. The number of rotatable bonds is 46. The molecule has 2 aliphatic rings. The Bertz CT molecular complexity index is 1410. The maximum atomic E-state index is 13.2. The monoisotopic (exact) mass is 1040 g/mol. The van der Waals surface area contributed by atoms with Gasteiger partial charge in [0.15, 0.2) is 12.6 Å². The van der Waals surface area contributed by atoms with Gasteiger partial charge < -0.3 is 65.1 Å². The van der Waals surface area contributed by atoms with E-state index in [1.807, 2.05) is 6.08 Å². The molecule has 12 atom stereocenters. The summed E-state index contributed by atoms with van der Waals surface area (Å²) in [6, 6.07) is -0.942. The Kier molecular flexibility index (Phi) is 41.4. The molecule has 0 aromatic rings. The average molecular weight is 1040 g/mol. The summed E-state index contributed by atoms with van der Waals surface area (Å²) >= 11 is 0.